The Morgan fingerprint density at radius 3 is 2.42 bits per heavy atom. The Bertz CT molecular complexity index is 1320. The Morgan fingerprint density at radius 2 is 1.82 bits per heavy atom. The highest BCUT2D eigenvalue weighted by Gasteiger charge is 2.61. The van der Waals surface area contributed by atoms with Gasteiger partial charge in [-0.15, -0.1) is 0 Å². The first-order valence-electron chi connectivity index (χ1n) is 13.9. The molecule has 4 saturated carbocycles. The molecule has 12 heteroatoms. The molecule has 0 radical (unpaired) electrons. The number of rotatable bonds is 6. The molecule has 1 aromatic carbocycles. The molecule has 7 rings (SSSR count). The van der Waals surface area contributed by atoms with Crippen LogP contribution in [0, 0.1) is 34.3 Å². The smallest absolute Gasteiger partial charge is 0.358 e. The van der Waals surface area contributed by atoms with Crippen LogP contribution in [0.2, 0.25) is 5.02 Å². The number of halogens is 4. The van der Waals surface area contributed by atoms with E-state index in [2.05, 4.69) is 10.00 Å². The van der Waals surface area contributed by atoms with Gasteiger partial charge in [0.1, 0.15) is 0 Å². The van der Waals surface area contributed by atoms with Gasteiger partial charge in [-0.2, -0.15) is 17.9 Å². The standard InChI is InChI=1S/C28H33ClF3N5O3/c1-18-24(29)25(37(39)40)33-36(18)27-13-20-9-21(14-27)12-26(11-20,17-27)15-23(38)35-7-5-34(6-8-35)16-19-3-2-4-22(10-19)28(30,31)32/h2-4,10,20-21H,5-9,11-17H2,1H3. The van der Waals surface area contributed by atoms with Crippen molar-refractivity contribution in [3.8, 4) is 0 Å². The number of carbonyl (C=O) groups is 1. The third kappa shape index (κ3) is 4.89. The minimum atomic E-state index is -4.37. The summed E-state index contributed by atoms with van der Waals surface area (Å²) in [7, 11) is 0. The van der Waals surface area contributed by atoms with Gasteiger partial charge in [-0.05, 0) is 79.3 Å². The van der Waals surface area contributed by atoms with Gasteiger partial charge >= 0.3 is 12.0 Å². The Hall–Kier alpha value is -2.66. The van der Waals surface area contributed by atoms with Gasteiger partial charge < -0.3 is 15.0 Å². The van der Waals surface area contributed by atoms with Gasteiger partial charge in [0.05, 0.1) is 21.9 Å². The van der Waals surface area contributed by atoms with Crippen LogP contribution in [0.4, 0.5) is 19.0 Å². The molecule has 0 N–H and O–H groups in total. The number of nitro groups is 1. The fourth-order valence-corrected chi connectivity index (χ4v) is 8.78. The van der Waals surface area contributed by atoms with Crippen LogP contribution < -0.4 is 0 Å². The van der Waals surface area contributed by atoms with Gasteiger partial charge in [0.15, 0.2) is 5.02 Å². The molecule has 1 aliphatic heterocycles. The molecule has 1 saturated heterocycles. The molecule has 4 aliphatic carbocycles. The lowest BCUT2D eigenvalue weighted by Crippen LogP contribution is -2.58. The zero-order valence-electron chi connectivity index (χ0n) is 22.4. The van der Waals surface area contributed by atoms with Crippen LogP contribution in [0.25, 0.3) is 0 Å². The van der Waals surface area contributed by atoms with Gasteiger partial charge in [0.2, 0.25) is 5.91 Å². The van der Waals surface area contributed by atoms with E-state index >= 15 is 0 Å². The fourth-order valence-electron chi connectivity index (χ4n) is 8.60. The summed E-state index contributed by atoms with van der Waals surface area (Å²) < 4.78 is 41.1. The summed E-state index contributed by atoms with van der Waals surface area (Å²) in [5, 5.41) is 16.0. The predicted octanol–water partition coefficient (Wildman–Crippen LogP) is 5.80. The molecule has 2 unspecified atom stereocenters. The first kappa shape index (κ1) is 27.5. The molecule has 1 aromatic heterocycles. The molecule has 8 nitrogen and oxygen atoms in total. The van der Waals surface area contributed by atoms with Gasteiger partial charge in [-0.3, -0.25) is 9.69 Å². The van der Waals surface area contributed by atoms with Crippen LogP contribution in [0.15, 0.2) is 24.3 Å². The van der Waals surface area contributed by atoms with E-state index in [-0.39, 0.29) is 27.7 Å². The number of alkyl halides is 3. The number of carbonyl (C=O) groups excluding carboxylic acids is 1. The lowest BCUT2D eigenvalue weighted by Gasteiger charge is -2.61. The predicted molar refractivity (Wildman–Crippen MR) is 142 cm³/mol. The SMILES string of the molecule is Cc1c(Cl)c([N+](=O)[O-])nn1C12CC3CC(CC(CC(=O)N4CCN(Cc5cccc(C(F)(F)F)c5)CC4)(C3)C1)C2. The van der Waals surface area contributed by atoms with E-state index in [1.807, 2.05) is 9.58 Å². The minimum Gasteiger partial charge on any atom is -0.358 e. The Balaban J connectivity index is 1.12. The van der Waals surface area contributed by atoms with Crippen molar-refractivity contribution in [3.63, 3.8) is 0 Å². The molecule has 0 spiro atoms. The summed E-state index contributed by atoms with van der Waals surface area (Å²) in [6.07, 6.45) is 1.77. The zero-order chi connectivity index (χ0) is 28.4. The maximum absolute atomic E-state index is 13.6. The average molecular weight is 580 g/mol. The van der Waals surface area contributed by atoms with Crippen molar-refractivity contribution < 1.29 is 22.9 Å². The summed E-state index contributed by atoms with van der Waals surface area (Å²) >= 11 is 6.32. The molecule has 4 bridgehead atoms. The Kier molecular flexibility index (Phi) is 6.68. The van der Waals surface area contributed by atoms with Crippen molar-refractivity contribution >= 4 is 23.3 Å². The molecule has 40 heavy (non-hydrogen) atoms. The minimum absolute atomic E-state index is 0.0916. The van der Waals surface area contributed by atoms with Crippen LogP contribution in [0.5, 0.6) is 0 Å². The fraction of sp³-hybridized carbons (Fsp3) is 0.643. The molecule has 216 valence electrons. The van der Waals surface area contributed by atoms with Gasteiger partial charge in [-0.25, -0.2) is 0 Å². The second kappa shape index (κ2) is 9.72. The first-order valence-corrected chi connectivity index (χ1v) is 14.3. The number of piperazine rings is 1. The monoisotopic (exact) mass is 579 g/mol. The van der Waals surface area contributed by atoms with Crippen LogP contribution in [-0.2, 0) is 23.1 Å². The molecule has 5 fully saturated rings. The topological polar surface area (TPSA) is 84.5 Å². The quantitative estimate of drug-likeness (QED) is 0.319. The number of benzene rings is 1. The normalized spacial score (nSPS) is 30.2. The molecule has 1 amide bonds. The number of hydrogen-bond acceptors (Lipinski definition) is 5. The van der Waals surface area contributed by atoms with E-state index in [9.17, 15) is 28.1 Å². The Morgan fingerprint density at radius 1 is 1.15 bits per heavy atom. The molecular weight excluding hydrogens is 547 g/mol. The van der Waals surface area contributed by atoms with E-state index in [4.69, 9.17) is 11.6 Å². The molecule has 2 heterocycles. The number of nitrogens with zero attached hydrogens (tertiary/aromatic N) is 5. The van der Waals surface area contributed by atoms with E-state index in [1.165, 1.54) is 12.1 Å². The van der Waals surface area contributed by atoms with E-state index in [1.54, 1.807) is 13.0 Å². The molecule has 2 aromatic rings. The summed E-state index contributed by atoms with van der Waals surface area (Å²) in [5.41, 5.74) is 0.0807. The number of amides is 1. The van der Waals surface area contributed by atoms with Crippen molar-refractivity contribution in [2.45, 2.75) is 70.1 Å². The third-order valence-corrected chi connectivity index (χ3v) is 10.2. The average Bonchev–Trinajstić information content (AvgIpc) is 3.18. The van der Waals surface area contributed by atoms with E-state index < -0.39 is 16.7 Å². The third-order valence-electron chi connectivity index (χ3n) is 9.71. The van der Waals surface area contributed by atoms with Gasteiger partial charge in [0, 0.05) is 39.1 Å². The van der Waals surface area contributed by atoms with Crippen molar-refractivity contribution in [2.24, 2.45) is 17.3 Å². The van der Waals surface area contributed by atoms with Crippen molar-refractivity contribution in [1.82, 2.24) is 19.6 Å². The first-order chi connectivity index (χ1) is 18.9. The zero-order valence-corrected chi connectivity index (χ0v) is 23.2. The molecule has 2 atom stereocenters. The highest BCUT2D eigenvalue weighted by molar-refractivity contribution is 6.33. The van der Waals surface area contributed by atoms with Crippen LogP contribution >= 0.6 is 11.6 Å². The second-order valence-corrected chi connectivity index (χ2v) is 13.0. The summed E-state index contributed by atoms with van der Waals surface area (Å²) in [5.74, 6) is 0.736. The largest absolute Gasteiger partial charge is 0.416 e. The Labute approximate surface area is 235 Å². The number of hydrogen-bond donors (Lipinski definition) is 0. The van der Waals surface area contributed by atoms with Gasteiger partial charge in [0.25, 0.3) is 0 Å². The summed E-state index contributed by atoms with van der Waals surface area (Å²) in [6, 6.07) is 5.42. The van der Waals surface area contributed by atoms with Crippen molar-refractivity contribution in [2.75, 3.05) is 26.2 Å². The highest BCUT2D eigenvalue weighted by Crippen LogP contribution is 2.65. The van der Waals surface area contributed by atoms with Crippen LogP contribution in [-0.4, -0.2) is 56.6 Å². The maximum Gasteiger partial charge on any atom is 0.416 e. The van der Waals surface area contributed by atoms with E-state index in [0.717, 1.165) is 44.6 Å². The lowest BCUT2D eigenvalue weighted by molar-refractivity contribution is -0.389. The molecular formula is C28H33ClF3N5O3. The number of aromatic nitrogens is 2. The van der Waals surface area contributed by atoms with Crippen molar-refractivity contribution in [1.29, 1.82) is 0 Å². The second-order valence-electron chi connectivity index (χ2n) is 12.6. The lowest BCUT2D eigenvalue weighted by atomic mass is 9.46. The van der Waals surface area contributed by atoms with Crippen LogP contribution in [0.1, 0.15) is 61.8 Å². The summed E-state index contributed by atoms with van der Waals surface area (Å²) in [6.45, 7) is 4.52. The highest BCUT2D eigenvalue weighted by atomic mass is 35.5. The van der Waals surface area contributed by atoms with E-state index in [0.29, 0.717) is 62.2 Å². The maximum atomic E-state index is 13.6. The van der Waals surface area contributed by atoms with Crippen molar-refractivity contribution in [3.05, 3.63) is 56.2 Å². The summed E-state index contributed by atoms with van der Waals surface area (Å²) in [4.78, 5) is 28.6. The van der Waals surface area contributed by atoms with Gasteiger partial charge in [-0.1, -0.05) is 29.8 Å². The molecule has 5 aliphatic rings. The van der Waals surface area contributed by atoms with Crippen LogP contribution in [0.3, 0.4) is 0 Å².